The number of carbonyl (C=O) groups excluding carboxylic acids is 4. The van der Waals surface area contributed by atoms with E-state index in [9.17, 15) is 50.7 Å². The Labute approximate surface area is 311 Å². The molecule has 7 N–H and O–H groups in total. The third-order valence-corrected chi connectivity index (χ3v) is 9.46. The van der Waals surface area contributed by atoms with Gasteiger partial charge in [-0.1, -0.05) is 29.8 Å². The number of nitrogens with two attached hydrogens (primary N) is 1. The van der Waals surface area contributed by atoms with Gasteiger partial charge in [-0.25, -0.2) is 8.42 Å². The van der Waals surface area contributed by atoms with Crippen molar-refractivity contribution >= 4 is 56.9 Å². The highest BCUT2D eigenvalue weighted by Gasteiger charge is 2.36. The molecule has 1 aromatic heterocycles. The zero-order valence-electron chi connectivity index (χ0n) is 27.9. The minimum absolute atomic E-state index is 0.0160. The molecule has 0 saturated heterocycles. The quantitative estimate of drug-likeness (QED) is 0.0975. The molecule has 4 rings (SSSR count). The van der Waals surface area contributed by atoms with Crippen molar-refractivity contribution in [3.8, 4) is 11.1 Å². The Bertz CT molecular complexity index is 2120. The molecule has 0 radical (unpaired) electrons. The number of carboxylic acid groups (broad SMARTS) is 1. The van der Waals surface area contributed by atoms with Gasteiger partial charge in [-0.2, -0.15) is 17.9 Å². The fourth-order valence-electron chi connectivity index (χ4n) is 4.99. The van der Waals surface area contributed by atoms with Crippen molar-refractivity contribution in [2.75, 3.05) is 11.9 Å². The number of rotatable bonds is 16. The molecule has 2 atom stereocenters. The molecule has 4 amide bonds. The Balaban J connectivity index is 1.37. The number of sulfonamides is 1. The third kappa shape index (κ3) is 11.6. The molecule has 0 aliphatic heterocycles. The summed E-state index contributed by atoms with van der Waals surface area (Å²) in [5.74, 6) is -4.70. The summed E-state index contributed by atoms with van der Waals surface area (Å²) in [6, 6.07) is 13.4. The summed E-state index contributed by atoms with van der Waals surface area (Å²) in [4.78, 5) is 64.8. The molecule has 0 aliphatic carbocycles. The first-order valence-electron chi connectivity index (χ1n) is 15.8. The van der Waals surface area contributed by atoms with Crippen LogP contribution < -0.4 is 26.4 Å². The molecule has 54 heavy (non-hydrogen) atoms. The maximum Gasteiger partial charge on any atom is 0.417 e. The number of hydrogen-bond donors (Lipinski definition) is 6. The Morgan fingerprint density at radius 1 is 0.870 bits per heavy atom. The Kier molecular flexibility index (Phi) is 13.5. The maximum absolute atomic E-state index is 14.0. The van der Waals surface area contributed by atoms with Crippen molar-refractivity contribution in [2.24, 2.45) is 5.73 Å². The molecule has 0 fully saturated rings. The summed E-state index contributed by atoms with van der Waals surface area (Å²) >= 11 is 5.83. The van der Waals surface area contributed by atoms with Gasteiger partial charge in [-0.3, -0.25) is 29.0 Å². The molecule has 0 saturated carbocycles. The lowest BCUT2D eigenvalue weighted by Crippen LogP contribution is -2.48. The molecule has 4 aromatic rings. The summed E-state index contributed by atoms with van der Waals surface area (Å²) in [5, 5.41) is 17.3. The Hall–Kier alpha value is -5.85. The van der Waals surface area contributed by atoms with Crippen LogP contribution in [-0.2, 0) is 41.8 Å². The summed E-state index contributed by atoms with van der Waals surface area (Å²) < 4.78 is 69.9. The van der Waals surface area contributed by atoms with Crippen molar-refractivity contribution in [1.29, 1.82) is 0 Å². The topological polar surface area (TPSA) is 227 Å². The van der Waals surface area contributed by atoms with E-state index in [0.29, 0.717) is 17.3 Å². The number of anilines is 1. The number of carbonyl (C=O) groups is 5. The molecule has 0 aliphatic rings. The van der Waals surface area contributed by atoms with Crippen molar-refractivity contribution in [1.82, 2.24) is 20.3 Å². The van der Waals surface area contributed by atoms with Crippen LogP contribution in [0.3, 0.4) is 0 Å². The molecule has 19 heteroatoms. The van der Waals surface area contributed by atoms with E-state index in [0.717, 1.165) is 12.1 Å². The fourth-order valence-corrected chi connectivity index (χ4v) is 6.37. The van der Waals surface area contributed by atoms with E-state index in [2.05, 4.69) is 20.9 Å². The van der Waals surface area contributed by atoms with Crippen LogP contribution in [0, 0.1) is 0 Å². The van der Waals surface area contributed by atoms with E-state index in [1.165, 1.54) is 60.9 Å². The standard InChI is InChI=1S/C35H32ClF3N6O8S/c36-23-5-1-21(2-6-23)26-10-9-25(18-27(26)35(37,38)39)54(52,53)45-28(34(50)51)11-12-30(46)42-19-31(47)44-29(17-20-13-15-41-16-14-20)33(49)43-24-7-3-22(4-8-24)32(40)48/h1-10,13-16,18,28-29,45H,11-12,17,19H2,(H2,40,48)(H,42,46)(H,43,49)(H,44,47)(H,50,51)/t28-,29-/m0/s1. The average molecular weight is 789 g/mol. The molecule has 284 valence electrons. The predicted molar refractivity (Wildman–Crippen MR) is 189 cm³/mol. The monoisotopic (exact) mass is 788 g/mol. The number of benzene rings is 3. The van der Waals surface area contributed by atoms with Gasteiger partial charge in [-0.15, -0.1) is 0 Å². The van der Waals surface area contributed by atoms with Gasteiger partial charge >= 0.3 is 12.1 Å². The van der Waals surface area contributed by atoms with Crippen LogP contribution in [0.2, 0.25) is 5.02 Å². The highest BCUT2D eigenvalue weighted by atomic mass is 35.5. The van der Waals surface area contributed by atoms with Crippen LogP contribution in [0.15, 0.2) is 96.2 Å². The number of nitrogens with one attached hydrogen (secondary N) is 4. The SMILES string of the molecule is NC(=O)c1ccc(NC(=O)[C@H](Cc2ccncc2)NC(=O)CNC(=O)CC[C@H](NS(=O)(=O)c2ccc(-c3ccc(Cl)cc3)c(C(F)(F)F)c2)C(=O)O)cc1. The number of carboxylic acids is 1. The lowest BCUT2D eigenvalue weighted by atomic mass is 9.99. The van der Waals surface area contributed by atoms with E-state index in [-0.39, 0.29) is 28.1 Å². The molecule has 0 bridgehead atoms. The molecule has 0 spiro atoms. The number of primary amides is 1. The second-order valence-electron chi connectivity index (χ2n) is 11.7. The van der Waals surface area contributed by atoms with E-state index in [1.807, 2.05) is 4.72 Å². The fraction of sp³-hybridized carbons (Fsp3) is 0.200. The van der Waals surface area contributed by atoms with Gasteiger partial charge in [0.1, 0.15) is 12.1 Å². The van der Waals surface area contributed by atoms with E-state index < -0.39 is 87.7 Å². The Morgan fingerprint density at radius 3 is 2.11 bits per heavy atom. The van der Waals surface area contributed by atoms with Crippen molar-refractivity contribution < 1.29 is 50.7 Å². The predicted octanol–water partition coefficient (Wildman–Crippen LogP) is 3.51. The highest BCUT2D eigenvalue weighted by Crippen LogP contribution is 2.38. The molecule has 1 heterocycles. The molecule has 14 nitrogen and oxygen atoms in total. The van der Waals surface area contributed by atoms with E-state index in [1.54, 1.807) is 12.1 Å². The summed E-state index contributed by atoms with van der Waals surface area (Å²) in [6.07, 6.45) is -3.26. The second-order valence-corrected chi connectivity index (χ2v) is 13.8. The molecular weight excluding hydrogens is 757 g/mol. The first-order valence-corrected chi connectivity index (χ1v) is 17.7. The van der Waals surface area contributed by atoms with Crippen LogP contribution in [0.4, 0.5) is 18.9 Å². The molecule has 0 unspecified atom stereocenters. The number of hydrogen-bond acceptors (Lipinski definition) is 8. The zero-order chi connectivity index (χ0) is 39.6. The number of aliphatic carboxylic acids is 1. The first kappa shape index (κ1) is 40.9. The average Bonchev–Trinajstić information content (AvgIpc) is 3.12. The maximum atomic E-state index is 14.0. The third-order valence-electron chi connectivity index (χ3n) is 7.74. The van der Waals surface area contributed by atoms with Crippen molar-refractivity contribution in [3.05, 3.63) is 113 Å². The summed E-state index contributed by atoms with van der Waals surface area (Å²) in [6.45, 7) is -0.657. The smallest absolute Gasteiger partial charge is 0.417 e. The molecular formula is C35H32ClF3N6O8S. The minimum atomic E-state index is -4.99. The first-order chi connectivity index (χ1) is 25.4. The van der Waals surface area contributed by atoms with Crippen LogP contribution in [0.25, 0.3) is 11.1 Å². The van der Waals surface area contributed by atoms with E-state index in [4.69, 9.17) is 17.3 Å². The normalized spacial score (nSPS) is 12.6. The number of aromatic nitrogens is 1. The van der Waals surface area contributed by atoms with Crippen LogP contribution >= 0.6 is 11.6 Å². The summed E-state index contributed by atoms with van der Waals surface area (Å²) in [5.41, 5.74) is 4.85. The van der Waals surface area contributed by atoms with Crippen molar-refractivity contribution in [3.63, 3.8) is 0 Å². The lowest BCUT2D eigenvalue weighted by Gasteiger charge is -2.19. The van der Waals surface area contributed by atoms with Gasteiger partial charge < -0.3 is 26.8 Å². The van der Waals surface area contributed by atoms with Crippen LogP contribution in [0.1, 0.15) is 34.3 Å². The van der Waals surface area contributed by atoms with Crippen LogP contribution in [0.5, 0.6) is 0 Å². The van der Waals surface area contributed by atoms with Gasteiger partial charge in [0.05, 0.1) is 17.0 Å². The highest BCUT2D eigenvalue weighted by molar-refractivity contribution is 7.89. The summed E-state index contributed by atoms with van der Waals surface area (Å²) in [7, 11) is -4.85. The molecule has 3 aromatic carbocycles. The van der Waals surface area contributed by atoms with Gasteiger partial charge in [0, 0.05) is 41.5 Å². The lowest BCUT2D eigenvalue weighted by molar-refractivity contribution is -0.139. The van der Waals surface area contributed by atoms with Gasteiger partial charge in [-0.05, 0) is 83.8 Å². The van der Waals surface area contributed by atoms with Crippen LogP contribution in [-0.4, -0.2) is 66.7 Å². The largest absolute Gasteiger partial charge is 0.480 e. The number of amides is 4. The van der Waals surface area contributed by atoms with Gasteiger partial charge in [0.2, 0.25) is 33.7 Å². The van der Waals surface area contributed by atoms with E-state index >= 15 is 0 Å². The Morgan fingerprint density at radius 2 is 1.52 bits per heavy atom. The number of halogens is 4. The van der Waals surface area contributed by atoms with Crippen molar-refractivity contribution in [2.45, 2.75) is 42.4 Å². The second kappa shape index (κ2) is 17.8. The number of pyridine rings is 1. The van der Waals surface area contributed by atoms with Gasteiger partial charge in [0.25, 0.3) is 0 Å². The number of alkyl halides is 3. The van der Waals surface area contributed by atoms with Gasteiger partial charge in [0.15, 0.2) is 0 Å². The number of nitrogens with zero attached hydrogens (tertiary/aromatic N) is 1. The zero-order valence-corrected chi connectivity index (χ0v) is 29.5. The minimum Gasteiger partial charge on any atom is -0.480 e.